The summed E-state index contributed by atoms with van der Waals surface area (Å²) >= 11 is 0. The van der Waals surface area contributed by atoms with Crippen molar-refractivity contribution >= 4 is 5.78 Å². The third-order valence-electron chi connectivity index (χ3n) is 4.40. The van der Waals surface area contributed by atoms with E-state index >= 15 is 0 Å². The highest BCUT2D eigenvalue weighted by Gasteiger charge is 2.28. The van der Waals surface area contributed by atoms with Gasteiger partial charge in [-0.15, -0.1) is 0 Å². The standard InChI is InChI=1S/C17H25NO3/c1-12(17(21)14-4-8-16(20)9-5-14)18-11-10-13-2-6-15(19)7-3-13/h2-3,6-7,12,14,17-19,21H,4-5,8-11H2,1H3/t12-,17-/m1/s1. The SMILES string of the molecule is C[C@@H](NCCc1ccc(O)cc1)[C@@H](O)C1CCC(=O)CC1. The Kier molecular flexibility index (Phi) is 5.76. The Morgan fingerprint density at radius 1 is 1.24 bits per heavy atom. The molecular weight excluding hydrogens is 266 g/mol. The lowest BCUT2D eigenvalue weighted by molar-refractivity contribution is -0.121. The second kappa shape index (κ2) is 7.57. The maximum atomic E-state index is 11.2. The van der Waals surface area contributed by atoms with Gasteiger partial charge in [0.05, 0.1) is 6.10 Å². The van der Waals surface area contributed by atoms with Gasteiger partial charge < -0.3 is 15.5 Å². The largest absolute Gasteiger partial charge is 0.508 e. The minimum absolute atomic E-state index is 0.0281. The average molecular weight is 291 g/mol. The maximum absolute atomic E-state index is 11.2. The second-order valence-corrected chi connectivity index (χ2v) is 6.03. The topological polar surface area (TPSA) is 69.6 Å². The molecule has 1 fully saturated rings. The van der Waals surface area contributed by atoms with Crippen LogP contribution < -0.4 is 5.32 Å². The summed E-state index contributed by atoms with van der Waals surface area (Å²) in [5.41, 5.74) is 1.16. The number of benzene rings is 1. The van der Waals surface area contributed by atoms with Crippen LogP contribution in [0.2, 0.25) is 0 Å². The van der Waals surface area contributed by atoms with Crippen LogP contribution in [0.25, 0.3) is 0 Å². The molecule has 0 saturated heterocycles. The van der Waals surface area contributed by atoms with Crippen molar-refractivity contribution < 1.29 is 15.0 Å². The number of hydrogen-bond donors (Lipinski definition) is 3. The molecule has 21 heavy (non-hydrogen) atoms. The monoisotopic (exact) mass is 291 g/mol. The van der Waals surface area contributed by atoms with Gasteiger partial charge in [-0.3, -0.25) is 4.79 Å². The van der Waals surface area contributed by atoms with Crippen molar-refractivity contribution in [3.05, 3.63) is 29.8 Å². The summed E-state index contributed by atoms with van der Waals surface area (Å²) in [5, 5.41) is 22.9. The van der Waals surface area contributed by atoms with Gasteiger partial charge in [-0.1, -0.05) is 12.1 Å². The summed E-state index contributed by atoms with van der Waals surface area (Å²) in [7, 11) is 0. The minimum atomic E-state index is -0.391. The molecule has 0 aliphatic heterocycles. The Hall–Kier alpha value is -1.39. The normalized spacial score (nSPS) is 19.4. The van der Waals surface area contributed by atoms with Crippen LogP contribution in [0.5, 0.6) is 5.75 Å². The smallest absolute Gasteiger partial charge is 0.132 e. The van der Waals surface area contributed by atoms with Gasteiger partial charge >= 0.3 is 0 Å². The lowest BCUT2D eigenvalue weighted by atomic mass is 9.82. The summed E-state index contributed by atoms with van der Waals surface area (Å²) in [6.45, 7) is 2.78. The van der Waals surface area contributed by atoms with E-state index in [9.17, 15) is 15.0 Å². The lowest BCUT2D eigenvalue weighted by Crippen LogP contribution is -2.43. The molecule has 0 heterocycles. The Bertz CT molecular complexity index is 448. The third-order valence-corrected chi connectivity index (χ3v) is 4.40. The number of carbonyl (C=O) groups excluding carboxylic acids is 1. The molecule has 1 aliphatic rings. The van der Waals surface area contributed by atoms with E-state index in [1.165, 1.54) is 0 Å². The molecule has 0 radical (unpaired) electrons. The molecule has 4 nitrogen and oxygen atoms in total. The first-order chi connectivity index (χ1) is 10.1. The molecule has 2 rings (SSSR count). The molecule has 1 aromatic carbocycles. The number of Topliss-reactive ketones (excluding diaryl/α,β-unsaturated/α-hetero) is 1. The summed E-state index contributed by atoms with van der Waals surface area (Å²) in [5.74, 6) is 0.840. The average Bonchev–Trinajstić information content (AvgIpc) is 2.49. The van der Waals surface area contributed by atoms with E-state index in [1.807, 2.05) is 19.1 Å². The van der Waals surface area contributed by atoms with Crippen molar-refractivity contribution in [3.63, 3.8) is 0 Å². The molecule has 116 valence electrons. The van der Waals surface area contributed by atoms with Crippen LogP contribution in [-0.4, -0.2) is 34.7 Å². The Labute approximate surface area is 126 Å². The fraction of sp³-hybridized carbons (Fsp3) is 0.588. The van der Waals surface area contributed by atoms with E-state index in [1.54, 1.807) is 12.1 Å². The molecule has 4 heteroatoms. The van der Waals surface area contributed by atoms with E-state index in [4.69, 9.17) is 0 Å². The predicted octanol–water partition coefficient (Wildman–Crippen LogP) is 2.03. The number of nitrogens with one attached hydrogen (secondary N) is 1. The summed E-state index contributed by atoms with van der Waals surface area (Å²) in [6.07, 6.45) is 3.32. The van der Waals surface area contributed by atoms with Crippen molar-refractivity contribution in [1.29, 1.82) is 0 Å². The lowest BCUT2D eigenvalue weighted by Gasteiger charge is -2.30. The fourth-order valence-electron chi connectivity index (χ4n) is 2.94. The Balaban J connectivity index is 1.72. The Morgan fingerprint density at radius 2 is 1.86 bits per heavy atom. The van der Waals surface area contributed by atoms with Crippen LogP contribution in [0.4, 0.5) is 0 Å². The summed E-state index contributed by atoms with van der Waals surface area (Å²) in [4.78, 5) is 11.2. The van der Waals surface area contributed by atoms with Gasteiger partial charge in [-0.2, -0.15) is 0 Å². The Morgan fingerprint density at radius 3 is 2.48 bits per heavy atom. The number of aromatic hydroxyl groups is 1. The first-order valence-corrected chi connectivity index (χ1v) is 7.77. The molecule has 1 aromatic rings. The van der Waals surface area contributed by atoms with Crippen molar-refractivity contribution in [3.8, 4) is 5.75 Å². The second-order valence-electron chi connectivity index (χ2n) is 6.03. The van der Waals surface area contributed by atoms with Crippen molar-refractivity contribution in [1.82, 2.24) is 5.32 Å². The molecule has 0 spiro atoms. The van der Waals surface area contributed by atoms with Crippen LogP contribution in [0.1, 0.15) is 38.2 Å². The van der Waals surface area contributed by atoms with E-state index < -0.39 is 6.10 Å². The third kappa shape index (κ3) is 4.83. The van der Waals surface area contributed by atoms with Gasteiger partial charge in [0.25, 0.3) is 0 Å². The minimum Gasteiger partial charge on any atom is -0.508 e. The van der Waals surface area contributed by atoms with E-state index in [-0.39, 0.29) is 17.7 Å². The van der Waals surface area contributed by atoms with Crippen LogP contribution in [0, 0.1) is 5.92 Å². The van der Waals surface area contributed by atoms with Crippen molar-refractivity contribution in [2.24, 2.45) is 5.92 Å². The maximum Gasteiger partial charge on any atom is 0.132 e. The molecule has 0 bridgehead atoms. The summed E-state index contributed by atoms with van der Waals surface area (Å²) < 4.78 is 0. The predicted molar refractivity (Wildman–Crippen MR) is 82.2 cm³/mol. The summed E-state index contributed by atoms with van der Waals surface area (Å²) in [6, 6.07) is 7.22. The highest BCUT2D eigenvalue weighted by molar-refractivity contribution is 5.79. The number of rotatable bonds is 6. The van der Waals surface area contributed by atoms with Crippen molar-refractivity contribution in [2.45, 2.75) is 51.2 Å². The zero-order valence-electron chi connectivity index (χ0n) is 12.6. The number of phenolic OH excluding ortho intramolecular Hbond substituents is 1. The zero-order chi connectivity index (χ0) is 15.2. The van der Waals surface area contributed by atoms with Gasteiger partial charge in [0.2, 0.25) is 0 Å². The number of hydrogen-bond acceptors (Lipinski definition) is 4. The number of phenols is 1. The van der Waals surface area contributed by atoms with E-state index in [0.717, 1.165) is 31.4 Å². The molecule has 0 amide bonds. The molecule has 2 atom stereocenters. The molecule has 0 unspecified atom stereocenters. The van der Waals surface area contributed by atoms with Gasteiger partial charge in [-0.25, -0.2) is 0 Å². The van der Waals surface area contributed by atoms with E-state index in [2.05, 4.69) is 5.32 Å². The van der Waals surface area contributed by atoms with Gasteiger partial charge in [0, 0.05) is 18.9 Å². The molecule has 1 aliphatic carbocycles. The van der Waals surface area contributed by atoms with Crippen molar-refractivity contribution in [2.75, 3.05) is 6.54 Å². The first-order valence-electron chi connectivity index (χ1n) is 7.77. The van der Waals surface area contributed by atoms with Crippen LogP contribution in [0.15, 0.2) is 24.3 Å². The highest BCUT2D eigenvalue weighted by atomic mass is 16.3. The van der Waals surface area contributed by atoms with Crippen LogP contribution in [-0.2, 0) is 11.2 Å². The highest BCUT2D eigenvalue weighted by Crippen LogP contribution is 2.26. The number of ketones is 1. The van der Waals surface area contributed by atoms with E-state index in [0.29, 0.717) is 18.6 Å². The molecule has 3 N–H and O–H groups in total. The molecule has 1 saturated carbocycles. The van der Waals surface area contributed by atoms with Gasteiger partial charge in [0.1, 0.15) is 11.5 Å². The number of aliphatic hydroxyl groups excluding tert-OH is 1. The molecular formula is C17H25NO3. The first kappa shape index (κ1) is 16.0. The number of carbonyl (C=O) groups is 1. The quantitative estimate of drug-likeness (QED) is 0.750. The number of aliphatic hydroxyl groups is 1. The zero-order valence-corrected chi connectivity index (χ0v) is 12.6. The van der Waals surface area contributed by atoms with Crippen LogP contribution in [0.3, 0.4) is 0 Å². The fourth-order valence-corrected chi connectivity index (χ4v) is 2.94. The molecule has 0 aromatic heterocycles. The van der Waals surface area contributed by atoms with Crippen LogP contribution >= 0.6 is 0 Å². The van der Waals surface area contributed by atoms with Gasteiger partial charge in [-0.05, 0) is 56.3 Å². The van der Waals surface area contributed by atoms with Gasteiger partial charge in [0.15, 0.2) is 0 Å².